The third-order valence-electron chi connectivity index (χ3n) is 7.55. The van der Waals surface area contributed by atoms with E-state index in [0.717, 1.165) is 45.0 Å². The van der Waals surface area contributed by atoms with Gasteiger partial charge in [0.2, 0.25) is 0 Å². The lowest BCUT2D eigenvalue weighted by molar-refractivity contribution is -0.274. The van der Waals surface area contributed by atoms with Gasteiger partial charge in [-0.05, 0) is 43.6 Å². The molecule has 5 rings (SSSR count). The Bertz CT molecular complexity index is 1020. The van der Waals surface area contributed by atoms with Gasteiger partial charge in [-0.1, -0.05) is 13.8 Å². The van der Waals surface area contributed by atoms with Crippen LogP contribution in [0.15, 0.2) is 18.5 Å². The number of fused-ring (bicyclic) bond motifs is 2. The molecule has 2 aromatic heterocycles. The van der Waals surface area contributed by atoms with Crippen molar-refractivity contribution in [3.8, 4) is 17.0 Å². The number of hydrogen-bond donors (Lipinski definition) is 1. The Morgan fingerprint density at radius 1 is 1.12 bits per heavy atom. The van der Waals surface area contributed by atoms with Gasteiger partial charge < -0.3 is 19.8 Å². The van der Waals surface area contributed by atoms with Gasteiger partial charge in [0.25, 0.3) is 0 Å². The lowest BCUT2D eigenvalue weighted by Crippen LogP contribution is -2.42. The molecule has 3 fully saturated rings. The lowest BCUT2D eigenvalue weighted by Gasteiger charge is -2.36. The van der Waals surface area contributed by atoms with Crippen LogP contribution in [0.2, 0.25) is 0 Å². The summed E-state index contributed by atoms with van der Waals surface area (Å²) in [5, 5.41) is 0. The minimum Gasteiger partial charge on any atom is -0.402 e. The highest BCUT2D eigenvalue weighted by Gasteiger charge is 2.49. The van der Waals surface area contributed by atoms with E-state index >= 15 is 0 Å². The number of ether oxygens (including phenoxy) is 2. The predicted molar refractivity (Wildman–Crippen MR) is 121 cm³/mol. The molecule has 0 aromatic carbocycles. The second kappa shape index (κ2) is 9.03. The van der Waals surface area contributed by atoms with Crippen LogP contribution >= 0.6 is 0 Å². The van der Waals surface area contributed by atoms with E-state index in [9.17, 15) is 13.2 Å². The molecule has 2 aromatic rings. The van der Waals surface area contributed by atoms with Crippen molar-refractivity contribution in [2.45, 2.75) is 63.9 Å². The van der Waals surface area contributed by atoms with Crippen molar-refractivity contribution in [3.63, 3.8) is 0 Å². The number of hydrogen-bond acceptors (Lipinski definition) is 6. The van der Waals surface area contributed by atoms with E-state index in [1.54, 1.807) is 0 Å². The van der Waals surface area contributed by atoms with Crippen LogP contribution < -0.4 is 10.5 Å². The second-order valence-electron chi connectivity index (χ2n) is 10.1. The number of imidazole rings is 1. The highest BCUT2D eigenvalue weighted by molar-refractivity contribution is 5.64. The first-order valence-corrected chi connectivity index (χ1v) is 12.1. The number of halogens is 3. The highest BCUT2D eigenvalue weighted by Crippen LogP contribution is 2.53. The Morgan fingerprint density at radius 3 is 2.59 bits per heavy atom. The van der Waals surface area contributed by atoms with E-state index in [1.807, 2.05) is 6.20 Å². The summed E-state index contributed by atoms with van der Waals surface area (Å²) >= 11 is 0. The summed E-state index contributed by atoms with van der Waals surface area (Å²) in [6.45, 7) is 7.97. The maximum absolute atomic E-state index is 12.8. The third-order valence-corrected chi connectivity index (χ3v) is 7.55. The fourth-order valence-corrected chi connectivity index (χ4v) is 6.14. The average Bonchev–Trinajstić information content (AvgIpc) is 3.43. The molecule has 2 saturated carbocycles. The summed E-state index contributed by atoms with van der Waals surface area (Å²) in [5.74, 6) is 1.55. The predicted octanol–water partition coefficient (Wildman–Crippen LogP) is 4.61. The molecular formula is C24H32F3N5O2. The van der Waals surface area contributed by atoms with Gasteiger partial charge in [0.05, 0.1) is 12.3 Å². The quantitative estimate of drug-likeness (QED) is 0.675. The minimum atomic E-state index is -4.84. The van der Waals surface area contributed by atoms with Crippen molar-refractivity contribution in [2.24, 2.45) is 11.8 Å². The number of aromatic nitrogens is 3. The van der Waals surface area contributed by atoms with E-state index in [-0.39, 0.29) is 11.7 Å². The smallest absolute Gasteiger partial charge is 0.402 e. The Hall–Kier alpha value is -2.33. The summed E-state index contributed by atoms with van der Waals surface area (Å²) in [6.07, 6.45) is 3.17. The first kappa shape index (κ1) is 23.4. The molecule has 186 valence electrons. The van der Waals surface area contributed by atoms with Crippen LogP contribution in [0.1, 0.15) is 57.3 Å². The largest absolute Gasteiger partial charge is 0.573 e. The fraction of sp³-hybridized carbons (Fsp3) is 0.667. The van der Waals surface area contributed by atoms with Crippen LogP contribution in [0, 0.1) is 11.8 Å². The maximum atomic E-state index is 12.8. The van der Waals surface area contributed by atoms with Crippen molar-refractivity contribution >= 4 is 5.82 Å². The van der Waals surface area contributed by atoms with Gasteiger partial charge in [-0.15, -0.1) is 13.2 Å². The van der Waals surface area contributed by atoms with Crippen molar-refractivity contribution < 1.29 is 22.6 Å². The van der Waals surface area contributed by atoms with E-state index in [4.69, 9.17) is 15.5 Å². The second-order valence-corrected chi connectivity index (χ2v) is 10.1. The molecule has 3 heterocycles. The molecule has 2 aliphatic carbocycles. The number of nitrogens with zero attached hydrogens (tertiary/aromatic N) is 4. The van der Waals surface area contributed by atoms with Crippen molar-refractivity contribution in [2.75, 3.05) is 32.0 Å². The Labute approximate surface area is 197 Å². The minimum absolute atomic E-state index is 0.180. The van der Waals surface area contributed by atoms with Crippen molar-refractivity contribution in [3.05, 3.63) is 24.3 Å². The van der Waals surface area contributed by atoms with Crippen LogP contribution in [-0.2, 0) is 4.74 Å². The van der Waals surface area contributed by atoms with Crippen molar-refractivity contribution in [1.29, 1.82) is 0 Å². The van der Waals surface area contributed by atoms with Gasteiger partial charge in [0, 0.05) is 55.7 Å². The number of pyridine rings is 1. The number of nitrogens with two attached hydrogens (primary N) is 1. The highest BCUT2D eigenvalue weighted by atomic mass is 19.4. The van der Waals surface area contributed by atoms with Crippen LogP contribution in [0.3, 0.4) is 0 Å². The monoisotopic (exact) mass is 479 g/mol. The summed E-state index contributed by atoms with van der Waals surface area (Å²) in [6, 6.07) is 2.25. The molecule has 2 unspecified atom stereocenters. The summed E-state index contributed by atoms with van der Waals surface area (Å²) in [4.78, 5) is 11.4. The Balaban J connectivity index is 1.39. The zero-order chi connectivity index (χ0) is 24.0. The number of alkyl halides is 3. The summed E-state index contributed by atoms with van der Waals surface area (Å²) < 4.78 is 50.3. The Morgan fingerprint density at radius 2 is 1.88 bits per heavy atom. The first-order chi connectivity index (χ1) is 16.2. The molecule has 4 atom stereocenters. The SMILES string of the molecule is CC(C)c1nc(-c2cnc(N)c(OC(F)(F)F)c2)cn1[C@@H]1CC2C[C@H]1CC2N1CCCOCC1. The number of rotatable bonds is 5. The average molecular weight is 480 g/mol. The van der Waals surface area contributed by atoms with Crippen LogP contribution in [-0.4, -0.2) is 58.1 Å². The van der Waals surface area contributed by atoms with Gasteiger partial charge in [0.1, 0.15) is 5.82 Å². The lowest BCUT2D eigenvalue weighted by atomic mass is 9.89. The fourth-order valence-electron chi connectivity index (χ4n) is 6.14. The molecule has 0 radical (unpaired) electrons. The van der Waals surface area contributed by atoms with E-state index in [0.29, 0.717) is 35.2 Å². The van der Waals surface area contributed by atoms with E-state index in [2.05, 4.69) is 33.0 Å². The zero-order valence-electron chi connectivity index (χ0n) is 19.6. The number of nitrogen functional groups attached to an aromatic ring is 1. The molecule has 34 heavy (non-hydrogen) atoms. The topological polar surface area (TPSA) is 78.4 Å². The Kier molecular flexibility index (Phi) is 6.22. The third kappa shape index (κ3) is 4.62. The normalized spacial score (nSPS) is 27.9. The maximum Gasteiger partial charge on any atom is 0.573 e. The number of anilines is 1. The van der Waals surface area contributed by atoms with E-state index < -0.39 is 12.1 Å². The summed E-state index contributed by atoms with van der Waals surface area (Å²) in [7, 11) is 0. The molecule has 3 aliphatic rings. The molecule has 10 heteroatoms. The van der Waals surface area contributed by atoms with Crippen molar-refractivity contribution in [1.82, 2.24) is 19.4 Å². The van der Waals surface area contributed by atoms with Gasteiger partial charge in [-0.25, -0.2) is 9.97 Å². The molecule has 1 saturated heterocycles. The van der Waals surface area contributed by atoms with Gasteiger partial charge in [0.15, 0.2) is 11.6 Å². The first-order valence-electron chi connectivity index (χ1n) is 12.1. The molecule has 2 bridgehead atoms. The molecule has 0 spiro atoms. The molecule has 1 aliphatic heterocycles. The van der Waals surface area contributed by atoms with Gasteiger partial charge >= 0.3 is 6.36 Å². The van der Waals surface area contributed by atoms with Crippen LogP contribution in [0.4, 0.5) is 19.0 Å². The molecule has 2 N–H and O–H groups in total. The van der Waals surface area contributed by atoms with Gasteiger partial charge in [-0.3, -0.25) is 4.90 Å². The van der Waals surface area contributed by atoms with Crippen LogP contribution in [0.5, 0.6) is 5.75 Å². The molecule has 0 amide bonds. The molecule has 7 nitrogen and oxygen atoms in total. The van der Waals surface area contributed by atoms with E-state index in [1.165, 1.54) is 25.1 Å². The molecular weight excluding hydrogens is 447 g/mol. The zero-order valence-corrected chi connectivity index (χ0v) is 19.6. The van der Waals surface area contributed by atoms with Gasteiger partial charge in [-0.2, -0.15) is 0 Å². The summed E-state index contributed by atoms with van der Waals surface area (Å²) in [5.41, 5.74) is 6.66. The van der Waals surface area contributed by atoms with Crippen LogP contribution in [0.25, 0.3) is 11.3 Å². The standard InChI is InChI=1S/C24H32F3N5O2/c1-14(2)23-30-18(17-11-21(22(28)29-12-17)34-24(25,26)27)13-32(23)20-10-15-8-16(20)9-19(15)31-4-3-6-33-7-5-31/h11-16,19-20H,3-10H2,1-2H3,(H2,28,29)/t15?,16-,19?,20+/m0/s1.